The predicted octanol–water partition coefficient (Wildman–Crippen LogP) is 0.961. The van der Waals surface area contributed by atoms with Gasteiger partial charge in [0.25, 0.3) is 0 Å². The van der Waals surface area contributed by atoms with Crippen LogP contribution in [0.3, 0.4) is 0 Å². The Balaban J connectivity index is 2.21. The van der Waals surface area contributed by atoms with E-state index in [2.05, 4.69) is 4.98 Å². The van der Waals surface area contributed by atoms with Crippen molar-refractivity contribution in [1.29, 1.82) is 0 Å². The van der Waals surface area contributed by atoms with Crippen molar-refractivity contribution in [2.24, 2.45) is 5.92 Å². The largest absolute Gasteiger partial charge is 0.478 e. The summed E-state index contributed by atoms with van der Waals surface area (Å²) < 4.78 is 0. The van der Waals surface area contributed by atoms with Gasteiger partial charge in [0.1, 0.15) is 0 Å². The highest BCUT2D eigenvalue weighted by Crippen LogP contribution is 2.29. The molecule has 4 N–H and O–H groups in total. The van der Waals surface area contributed by atoms with Gasteiger partial charge in [0, 0.05) is 25.9 Å². The molecule has 104 valence electrons. The molecule has 2 rings (SSSR count). The lowest BCUT2D eigenvalue weighted by Gasteiger charge is -2.34. The number of nitrogens with two attached hydrogens (primary N) is 1. The number of nitrogens with zero attached hydrogens (tertiary/aromatic N) is 2. The van der Waals surface area contributed by atoms with Crippen molar-refractivity contribution in [2.75, 3.05) is 30.3 Å². The molecule has 0 saturated carbocycles. The van der Waals surface area contributed by atoms with E-state index in [1.54, 1.807) is 0 Å². The summed E-state index contributed by atoms with van der Waals surface area (Å²) in [6.45, 7) is 1.76. The fraction of sp³-hybridized carbons (Fsp3) is 0.538. The number of hydrogen-bond donors (Lipinski definition) is 3. The van der Waals surface area contributed by atoms with Gasteiger partial charge in [0.15, 0.2) is 5.82 Å². The number of aliphatic hydroxyl groups is 1. The van der Waals surface area contributed by atoms with Gasteiger partial charge in [0.05, 0.1) is 11.3 Å². The number of anilines is 2. The first kappa shape index (κ1) is 13.6. The Hall–Kier alpha value is -1.82. The minimum atomic E-state index is -1.04. The maximum atomic E-state index is 11.1. The van der Waals surface area contributed by atoms with Crippen molar-refractivity contribution in [3.05, 3.63) is 17.8 Å². The van der Waals surface area contributed by atoms with E-state index >= 15 is 0 Å². The van der Waals surface area contributed by atoms with Crippen LogP contribution in [0.25, 0.3) is 0 Å². The second-order valence-electron chi connectivity index (χ2n) is 4.87. The van der Waals surface area contributed by atoms with E-state index in [1.807, 2.05) is 4.90 Å². The molecule has 0 amide bonds. The number of pyridine rings is 1. The summed E-state index contributed by atoms with van der Waals surface area (Å²) in [5.41, 5.74) is 6.21. The molecule has 1 unspecified atom stereocenters. The number of aromatic carboxylic acids is 1. The fourth-order valence-electron chi connectivity index (χ4n) is 2.58. The number of rotatable bonds is 4. The van der Waals surface area contributed by atoms with Crippen LogP contribution in [0.4, 0.5) is 11.5 Å². The molecule has 1 saturated heterocycles. The normalized spacial score (nSPS) is 19.4. The monoisotopic (exact) mass is 265 g/mol. The first-order valence-electron chi connectivity index (χ1n) is 6.47. The van der Waals surface area contributed by atoms with Gasteiger partial charge in [-0.25, -0.2) is 9.78 Å². The van der Waals surface area contributed by atoms with Gasteiger partial charge >= 0.3 is 5.97 Å². The molecule has 1 fully saturated rings. The van der Waals surface area contributed by atoms with E-state index < -0.39 is 5.97 Å². The molecule has 0 aromatic carbocycles. The van der Waals surface area contributed by atoms with Crippen LogP contribution in [0.2, 0.25) is 0 Å². The Morgan fingerprint density at radius 3 is 3.05 bits per heavy atom. The van der Waals surface area contributed by atoms with Crippen LogP contribution in [0.5, 0.6) is 0 Å². The third kappa shape index (κ3) is 2.96. The number of nitrogen functional groups attached to an aromatic ring is 1. The average molecular weight is 265 g/mol. The number of carbonyl (C=O) groups is 1. The first-order chi connectivity index (χ1) is 9.13. The van der Waals surface area contributed by atoms with E-state index in [0.29, 0.717) is 11.7 Å². The lowest BCUT2D eigenvalue weighted by molar-refractivity contribution is 0.0698. The Labute approximate surface area is 111 Å². The smallest absolute Gasteiger partial charge is 0.337 e. The summed E-state index contributed by atoms with van der Waals surface area (Å²) in [6.07, 6.45) is 4.32. The van der Waals surface area contributed by atoms with Crippen LogP contribution in [0, 0.1) is 5.92 Å². The zero-order valence-electron chi connectivity index (χ0n) is 10.7. The molecule has 1 aromatic heterocycles. The van der Waals surface area contributed by atoms with Crippen molar-refractivity contribution in [1.82, 2.24) is 4.98 Å². The summed E-state index contributed by atoms with van der Waals surface area (Å²) in [6, 6.07) is 1.41. The minimum absolute atomic E-state index is 0.0919. The third-order valence-corrected chi connectivity index (χ3v) is 3.56. The molecule has 0 aliphatic carbocycles. The van der Waals surface area contributed by atoms with Gasteiger partial charge in [-0.2, -0.15) is 0 Å². The van der Waals surface area contributed by atoms with Crippen molar-refractivity contribution in [2.45, 2.75) is 19.3 Å². The van der Waals surface area contributed by atoms with Gasteiger partial charge in [-0.1, -0.05) is 0 Å². The zero-order valence-corrected chi connectivity index (χ0v) is 10.7. The number of aromatic nitrogens is 1. The highest BCUT2D eigenvalue weighted by Gasteiger charge is 2.23. The SMILES string of the molecule is Nc1c(C(=O)O)ccnc1N1CCCC(CCO)C1. The number of piperidine rings is 1. The zero-order chi connectivity index (χ0) is 13.8. The Morgan fingerprint density at radius 2 is 2.37 bits per heavy atom. The molecule has 1 aliphatic heterocycles. The second kappa shape index (κ2) is 5.88. The van der Waals surface area contributed by atoms with Crippen molar-refractivity contribution < 1.29 is 15.0 Å². The van der Waals surface area contributed by atoms with Crippen LogP contribution >= 0.6 is 0 Å². The molecule has 2 heterocycles. The molecule has 6 heteroatoms. The standard InChI is InChI=1S/C13H19N3O3/c14-11-10(13(18)19)3-5-15-12(11)16-6-1-2-9(8-16)4-7-17/h3,5,9,17H,1-2,4,6-8,14H2,(H,18,19). The summed E-state index contributed by atoms with van der Waals surface area (Å²) in [4.78, 5) is 17.3. The summed E-state index contributed by atoms with van der Waals surface area (Å²) in [7, 11) is 0. The van der Waals surface area contributed by atoms with E-state index in [-0.39, 0.29) is 17.9 Å². The van der Waals surface area contributed by atoms with Crippen LogP contribution in [-0.2, 0) is 0 Å². The van der Waals surface area contributed by atoms with Crippen molar-refractivity contribution >= 4 is 17.5 Å². The number of hydrogen-bond acceptors (Lipinski definition) is 5. The van der Waals surface area contributed by atoms with Crippen LogP contribution in [0.15, 0.2) is 12.3 Å². The van der Waals surface area contributed by atoms with E-state index in [9.17, 15) is 4.79 Å². The van der Waals surface area contributed by atoms with E-state index in [1.165, 1.54) is 12.3 Å². The third-order valence-electron chi connectivity index (χ3n) is 3.56. The van der Waals surface area contributed by atoms with Crippen molar-refractivity contribution in [3.63, 3.8) is 0 Å². The van der Waals surface area contributed by atoms with Crippen LogP contribution in [0.1, 0.15) is 29.6 Å². The number of aliphatic hydroxyl groups excluding tert-OH is 1. The Bertz CT molecular complexity index is 462. The maximum Gasteiger partial charge on any atom is 0.337 e. The minimum Gasteiger partial charge on any atom is -0.478 e. The van der Waals surface area contributed by atoms with Crippen LogP contribution in [-0.4, -0.2) is 40.9 Å². The maximum absolute atomic E-state index is 11.1. The Kier molecular flexibility index (Phi) is 4.21. The summed E-state index contributed by atoms with van der Waals surface area (Å²) >= 11 is 0. The molecule has 6 nitrogen and oxygen atoms in total. The Morgan fingerprint density at radius 1 is 1.58 bits per heavy atom. The molecule has 1 aromatic rings. The lowest BCUT2D eigenvalue weighted by atomic mass is 9.95. The average Bonchev–Trinajstić information content (AvgIpc) is 2.39. The molecular formula is C13H19N3O3. The van der Waals surface area contributed by atoms with Gasteiger partial charge in [0.2, 0.25) is 0 Å². The number of carboxylic acid groups (broad SMARTS) is 1. The molecule has 1 aliphatic rings. The predicted molar refractivity (Wildman–Crippen MR) is 72.2 cm³/mol. The second-order valence-corrected chi connectivity index (χ2v) is 4.87. The molecule has 0 bridgehead atoms. The summed E-state index contributed by atoms with van der Waals surface area (Å²) in [5, 5.41) is 18.1. The van der Waals surface area contributed by atoms with E-state index in [0.717, 1.165) is 32.4 Å². The fourth-order valence-corrected chi connectivity index (χ4v) is 2.58. The molecular weight excluding hydrogens is 246 g/mol. The van der Waals surface area contributed by atoms with Crippen molar-refractivity contribution in [3.8, 4) is 0 Å². The highest BCUT2D eigenvalue weighted by molar-refractivity contribution is 5.96. The van der Waals surface area contributed by atoms with Gasteiger partial charge < -0.3 is 20.8 Å². The lowest BCUT2D eigenvalue weighted by Crippen LogP contribution is -2.37. The van der Waals surface area contributed by atoms with Gasteiger partial charge in [-0.15, -0.1) is 0 Å². The van der Waals surface area contributed by atoms with Crippen LogP contribution < -0.4 is 10.6 Å². The number of carboxylic acids is 1. The quantitative estimate of drug-likeness (QED) is 0.750. The van der Waals surface area contributed by atoms with Gasteiger partial charge in [-0.3, -0.25) is 0 Å². The first-order valence-corrected chi connectivity index (χ1v) is 6.47. The topological polar surface area (TPSA) is 99.7 Å². The molecule has 0 spiro atoms. The highest BCUT2D eigenvalue weighted by atomic mass is 16.4. The van der Waals surface area contributed by atoms with E-state index in [4.69, 9.17) is 15.9 Å². The van der Waals surface area contributed by atoms with Gasteiger partial charge in [-0.05, 0) is 31.2 Å². The molecule has 1 atom stereocenters. The molecule has 0 radical (unpaired) electrons. The molecule has 19 heavy (non-hydrogen) atoms. The summed E-state index contributed by atoms with van der Waals surface area (Å²) in [5.74, 6) is -0.0824.